The zero-order chi connectivity index (χ0) is 19.1. The Kier molecular flexibility index (Phi) is 4.87. The molecule has 0 aliphatic carbocycles. The summed E-state index contributed by atoms with van der Waals surface area (Å²) in [6, 6.07) is 17.8. The van der Waals surface area contributed by atoms with Crippen molar-refractivity contribution < 1.29 is 0 Å². The predicted molar refractivity (Wildman–Crippen MR) is 112 cm³/mol. The molecule has 4 nitrogen and oxygen atoms in total. The lowest BCUT2D eigenvalue weighted by Gasteiger charge is -2.44. The van der Waals surface area contributed by atoms with E-state index in [1.807, 2.05) is 35.3 Å². The molecule has 3 aromatic rings. The number of piperidine rings is 1. The second-order valence-corrected chi connectivity index (χ2v) is 8.59. The molecule has 2 aliphatic heterocycles. The molecule has 0 spiro atoms. The Balaban J connectivity index is 1.56. The third kappa shape index (κ3) is 3.14. The molecule has 28 heavy (non-hydrogen) atoms. The highest BCUT2D eigenvalue weighted by atomic mass is 35.5. The first kappa shape index (κ1) is 18.2. The number of hydrogen-bond donors (Lipinski definition) is 0. The van der Waals surface area contributed by atoms with Crippen molar-refractivity contribution in [2.75, 3.05) is 0 Å². The average Bonchev–Trinajstić information content (AvgIpc) is 3.32. The quantitative estimate of drug-likeness (QED) is 0.563. The largest absolute Gasteiger partial charge is 0.286 e. The molecule has 2 fully saturated rings. The van der Waals surface area contributed by atoms with E-state index >= 15 is 0 Å². The molecule has 144 valence electrons. The van der Waals surface area contributed by atoms with Crippen LogP contribution < -0.4 is 0 Å². The second-order valence-electron chi connectivity index (χ2n) is 7.78. The maximum absolute atomic E-state index is 6.67. The molecule has 2 unspecified atom stereocenters. The zero-order valence-corrected chi connectivity index (χ0v) is 17.0. The SMILES string of the molecule is Clc1ccccc1C(c1ccccc1Cl)N1C2CCC1CC(n1cncn1)C2. The van der Waals surface area contributed by atoms with Gasteiger partial charge in [0, 0.05) is 22.1 Å². The number of rotatable bonds is 4. The number of halogens is 2. The third-order valence-corrected chi connectivity index (χ3v) is 6.96. The van der Waals surface area contributed by atoms with Gasteiger partial charge in [-0.25, -0.2) is 9.67 Å². The summed E-state index contributed by atoms with van der Waals surface area (Å²) in [5, 5.41) is 5.99. The average molecular weight is 413 g/mol. The molecule has 2 saturated heterocycles. The minimum absolute atomic E-state index is 0.0663. The molecule has 1 aromatic heterocycles. The Labute approximate surface area is 175 Å². The van der Waals surface area contributed by atoms with Crippen molar-refractivity contribution in [2.24, 2.45) is 0 Å². The van der Waals surface area contributed by atoms with Gasteiger partial charge in [-0.05, 0) is 48.9 Å². The molecule has 0 N–H and O–H groups in total. The first-order valence-corrected chi connectivity index (χ1v) is 10.6. The molecule has 3 heterocycles. The van der Waals surface area contributed by atoms with Gasteiger partial charge in [0.1, 0.15) is 12.7 Å². The fourth-order valence-corrected chi connectivity index (χ4v) is 5.59. The standard InChI is InChI=1S/C22H22Cl2N4/c23-20-7-3-1-5-18(20)22(19-6-2-4-8-21(19)24)28-15-9-10-16(28)12-17(11-15)27-14-25-13-26-27/h1-8,13-17,22H,9-12H2. The van der Waals surface area contributed by atoms with Crippen LogP contribution >= 0.6 is 23.2 Å². The normalized spacial score (nSPS) is 24.8. The van der Waals surface area contributed by atoms with Crippen LogP contribution in [-0.4, -0.2) is 31.7 Å². The number of benzene rings is 2. The molecule has 5 rings (SSSR count). The van der Waals surface area contributed by atoms with Gasteiger partial charge in [0.2, 0.25) is 0 Å². The summed E-state index contributed by atoms with van der Waals surface area (Å²) < 4.78 is 2.03. The predicted octanol–water partition coefficient (Wildman–Crippen LogP) is 5.54. The number of nitrogens with zero attached hydrogens (tertiary/aromatic N) is 4. The Hall–Kier alpha value is -1.88. The highest BCUT2D eigenvalue weighted by Crippen LogP contribution is 2.48. The van der Waals surface area contributed by atoms with Gasteiger partial charge >= 0.3 is 0 Å². The summed E-state index contributed by atoms with van der Waals surface area (Å²) in [7, 11) is 0. The van der Waals surface area contributed by atoms with Crippen molar-refractivity contribution in [2.45, 2.75) is 49.9 Å². The van der Waals surface area contributed by atoms with Gasteiger partial charge < -0.3 is 0 Å². The lowest BCUT2D eigenvalue weighted by atomic mass is 9.89. The van der Waals surface area contributed by atoms with Crippen LogP contribution in [0.2, 0.25) is 10.0 Å². The van der Waals surface area contributed by atoms with Crippen molar-refractivity contribution in [1.29, 1.82) is 0 Å². The molecule has 0 amide bonds. The van der Waals surface area contributed by atoms with Gasteiger partial charge in [0.15, 0.2) is 0 Å². The van der Waals surface area contributed by atoms with Crippen LogP contribution in [0.5, 0.6) is 0 Å². The smallest absolute Gasteiger partial charge is 0.137 e. The van der Waals surface area contributed by atoms with E-state index in [4.69, 9.17) is 23.2 Å². The van der Waals surface area contributed by atoms with Crippen LogP contribution in [-0.2, 0) is 0 Å². The number of fused-ring (bicyclic) bond motifs is 2. The highest BCUT2D eigenvalue weighted by Gasteiger charge is 2.46. The van der Waals surface area contributed by atoms with Crippen molar-refractivity contribution in [3.05, 3.63) is 82.4 Å². The molecule has 2 aliphatic rings. The van der Waals surface area contributed by atoms with E-state index in [9.17, 15) is 0 Å². The first-order chi connectivity index (χ1) is 13.7. The fraction of sp³-hybridized carbons (Fsp3) is 0.364. The Morgan fingerprint density at radius 2 is 1.39 bits per heavy atom. The lowest BCUT2D eigenvalue weighted by Crippen LogP contribution is -2.46. The molecule has 2 atom stereocenters. The number of aromatic nitrogens is 3. The highest BCUT2D eigenvalue weighted by molar-refractivity contribution is 6.32. The van der Waals surface area contributed by atoms with Crippen LogP contribution in [0.25, 0.3) is 0 Å². The molecule has 6 heteroatoms. The van der Waals surface area contributed by atoms with Gasteiger partial charge in [-0.1, -0.05) is 59.6 Å². The topological polar surface area (TPSA) is 34.0 Å². The summed E-state index contributed by atoms with van der Waals surface area (Å²) in [4.78, 5) is 6.81. The molecule has 2 aromatic carbocycles. The zero-order valence-electron chi connectivity index (χ0n) is 15.5. The maximum atomic E-state index is 6.67. The van der Waals surface area contributed by atoms with E-state index in [0.29, 0.717) is 18.1 Å². The Bertz CT molecular complexity index is 899. The van der Waals surface area contributed by atoms with E-state index in [1.165, 1.54) is 12.8 Å². The Morgan fingerprint density at radius 3 is 1.89 bits per heavy atom. The second kappa shape index (κ2) is 7.51. The van der Waals surface area contributed by atoms with Crippen LogP contribution in [0.3, 0.4) is 0 Å². The van der Waals surface area contributed by atoms with E-state index in [2.05, 4.69) is 39.2 Å². The summed E-state index contributed by atoms with van der Waals surface area (Å²) in [6.07, 6.45) is 8.02. The minimum Gasteiger partial charge on any atom is -0.286 e. The molecular weight excluding hydrogens is 391 g/mol. The van der Waals surface area contributed by atoms with E-state index in [-0.39, 0.29) is 6.04 Å². The Morgan fingerprint density at radius 1 is 0.821 bits per heavy atom. The van der Waals surface area contributed by atoms with E-state index in [0.717, 1.165) is 34.0 Å². The molecular formula is C22H22Cl2N4. The van der Waals surface area contributed by atoms with Crippen LogP contribution in [0.15, 0.2) is 61.2 Å². The van der Waals surface area contributed by atoms with Crippen molar-refractivity contribution >= 4 is 23.2 Å². The molecule has 0 radical (unpaired) electrons. The minimum atomic E-state index is 0.0663. The van der Waals surface area contributed by atoms with E-state index in [1.54, 1.807) is 6.33 Å². The molecule has 0 saturated carbocycles. The summed E-state index contributed by atoms with van der Waals surface area (Å²) in [5.74, 6) is 0. The van der Waals surface area contributed by atoms with Crippen molar-refractivity contribution in [1.82, 2.24) is 19.7 Å². The monoisotopic (exact) mass is 412 g/mol. The summed E-state index contributed by atoms with van der Waals surface area (Å²) >= 11 is 13.3. The van der Waals surface area contributed by atoms with Gasteiger partial charge in [-0.2, -0.15) is 5.10 Å². The summed E-state index contributed by atoms with van der Waals surface area (Å²) in [5.41, 5.74) is 2.27. The van der Waals surface area contributed by atoms with Crippen molar-refractivity contribution in [3.63, 3.8) is 0 Å². The van der Waals surface area contributed by atoms with Crippen LogP contribution in [0.4, 0.5) is 0 Å². The van der Waals surface area contributed by atoms with Gasteiger partial charge in [-0.15, -0.1) is 0 Å². The van der Waals surface area contributed by atoms with Crippen LogP contribution in [0, 0.1) is 0 Å². The lowest BCUT2D eigenvalue weighted by molar-refractivity contribution is 0.0737. The molecule has 2 bridgehead atoms. The first-order valence-electron chi connectivity index (χ1n) is 9.83. The maximum Gasteiger partial charge on any atom is 0.137 e. The van der Waals surface area contributed by atoms with Crippen molar-refractivity contribution in [3.8, 4) is 0 Å². The van der Waals surface area contributed by atoms with Gasteiger partial charge in [0.25, 0.3) is 0 Å². The summed E-state index contributed by atoms with van der Waals surface area (Å²) in [6.45, 7) is 0. The third-order valence-electron chi connectivity index (χ3n) is 6.27. The number of hydrogen-bond acceptors (Lipinski definition) is 3. The fourth-order valence-electron chi connectivity index (χ4n) is 5.11. The van der Waals surface area contributed by atoms with Crippen LogP contribution in [0.1, 0.15) is 48.9 Å². The van der Waals surface area contributed by atoms with Gasteiger partial charge in [0.05, 0.1) is 12.1 Å². The van der Waals surface area contributed by atoms with Gasteiger partial charge in [-0.3, -0.25) is 4.90 Å². The van der Waals surface area contributed by atoms with E-state index < -0.39 is 0 Å².